The maximum absolute atomic E-state index is 10.0. The van der Waals surface area contributed by atoms with Gasteiger partial charge in [0.15, 0.2) is 0 Å². The Bertz CT molecular complexity index is 189. The topological polar surface area (TPSA) is 58.3 Å². The highest BCUT2D eigenvalue weighted by Gasteiger charge is 2.49. The van der Waals surface area contributed by atoms with Crippen LogP contribution in [0, 0.1) is 0 Å². The second kappa shape index (κ2) is 2.69. The van der Waals surface area contributed by atoms with Crippen LogP contribution in [-0.4, -0.2) is 27.8 Å². The standard InChI is InChI=1S/C10H22N2O/c1-8(2)6-10(5,11)7(13)9(3,4)12-8/h7,12-13H,6,11H2,1-5H3. The number of nitrogens with one attached hydrogen (secondary N) is 1. The Morgan fingerprint density at radius 3 is 2.08 bits per heavy atom. The molecular weight excluding hydrogens is 164 g/mol. The van der Waals surface area contributed by atoms with Gasteiger partial charge in [-0.1, -0.05) is 0 Å². The maximum Gasteiger partial charge on any atom is 0.0893 e. The van der Waals surface area contributed by atoms with Crippen molar-refractivity contribution in [2.45, 2.75) is 63.8 Å². The quantitative estimate of drug-likeness (QED) is 0.519. The number of hydrogen-bond donors (Lipinski definition) is 3. The SMILES string of the molecule is CC1(C)CC(C)(N)C(O)C(C)(C)N1. The summed E-state index contributed by atoms with van der Waals surface area (Å²) in [6.07, 6.45) is 0.276. The van der Waals surface area contributed by atoms with Crippen LogP contribution < -0.4 is 11.1 Å². The number of nitrogens with two attached hydrogens (primary N) is 1. The summed E-state index contributed by atoms with van der Waals surface area (Å²) in [5.74, 6) is 0. The van der Waals surface area contributed by atoms with Crippen molar-refractivity contribution in [1.29, 1.82) is 0 Å². The van der Waals surface area contributed by atoms with E-state index in [1.807, 2.05) is 20.8 Å². The predicted octanol–water partition coefficient (Wildman–Crippen LogP) is 0.615. The lowest BCUT2D eigenvalue weighted by Gasteiger charge is -2.53. The van der Waals surface area contributed by atoms with Gasteiger partial charge in [0.05, 0.1) is 6.10 Å². The Morgan fingerprint density at radius 1 is 1.23 bits per heavy atom. The molecule has 0 aromatic carbocycles. The molecule has 1 rings (SSSR count). The van der Waals surface area contributed by atoms with Gasteiger partial charge in [-0.05, 0) is 41.0 Å². The van der Waals surface area contributed by atoms with Crippen LogP contribution >= 0.6 is 0 Å². The van der Waals surface area contributed by atoms with Gasteiger partial charge >= 0.3 is 0 Å². The molecule has 3 nitrogen and oxygen atoms in total. The van der Waals surface area contributed by atoms with Crippen LogP contribution in [0.5, 0.6) is 0 Å². The van der Waals surface area contributed by atoms with E-state index in [-0.39, 0.29) is 11.1 Å². The normalized spacial score (nSPS) is 43.2. The fraction of sp³-hybridized carbons (Fsp3) is 1.00. The average Bonchev–Trinajstić information content (AvgIpc) is 1.77. The van der Waals surface area contributed by atoms with Crippen molar-refractivity contribution in [3.63, 3.8) is 0 Å². The zero-order valence-electron chi connectivity index (χ0n) is 9.31. The van der Waals surface area contributed by atoms with E-state index < -0.39 is 11.6 Å². The van der Waals surface area contributed by atoms with Crippen LogP contribution in [0.15, 0.2) is 0 Å². The van der Waals surface area contributed by atoms with Gasteiger partial charge in [-0.25, -0.2) is 0 Å². The molecule has 1 heterocycles. The van der Waals surface area contributed by atoms with Crippen LogP contribution in [0.3, 0.4) is 0 Å². The molecule has 0 amide bonds. The molecule has 0 spiro atoms. The molecule has 1 fully saturated rings. The third-order valence-corrected chi connectivity index (χ3v) is 2.79. The second-order valence-electron chi connectivity index (χ2n) is 5.82. The molecule has 3 heteroatoms. The Balaban J connectivity index is 2.96. The summed E-state index contributed by atoms with van der Waals surface area (Å²) in [7, 11) is 0. The van der Waals surface area contributed by atoms with Crippen LogP contribution in [0.2, 0.25) is 0 Å². The first-order chi connectivity index (χ1) is 5.57. The van der Waals surface area contributed by atoms with E-state index in [2.05, 4.69) is 19.2 Å². The molecule has 1 aliphatic rings. The van der Waals surface area contributed by atoms with Crippen LogP contribution in [0.1, 0.15) is 41.0 Å². The van der Waals surface area contributed by atoms with E-state index in [0.29, 0.717) is 0 Å². The van der Waals surface area contributed by atoms with Crippen molar-refractivity contribution >= 4 is 0 Å². The van der Waals surface area contributed by atoms with Gasteiger partial charge in [0.25, 0.3) is 0 Å². The molecule has 4 N–H and O–H groups in total. The smallest absolute Gasteiger partial charge is 0.0893 e. The molecule has 0 bridgehead atoms. The first-order valence-corrected chi connectivity index (χ1v) is 4.83. The van der Waals surface area contributed by atoms with Gasteiger partial charge < -0.3 is 16.2 Å². The van der Waals surface area contributed by atoms with Crippen molar-refractivity contribution in [2.24, 2.45) is 5.73 Å². The van der Waals surface area contributed by atoms with Gasteiger partial charge in [0.1, 0.15) is 0 Å². The third-order valence-electron chi connectivity index (χ3n) is 2.79. The summed E-state index contributed by atoms with van der Waals surface area (Å²) in [5.41, 5.74) is 5.26. The number of aliphatic hydroxyl groups excluding tert-OH is 1. The average molecular weight is 186 g/mol. The number of piperidine rings is 1. The van der Waals surface area contributed by atoms with E-state index in [1.54, 1.807) is 0 Å². The Labute approximate surface area is 80.7 Å². The van der Waals surface area contributed by atoms with Crippen molar-refractivity contribution < 1.29 is 5.11 Å². The molecular formula is C10H22N2O. The lowest BCUT2D eigenvalue weighted by atomic mass is 9.70. The van der Waals surface area contributed by atoms with E-state index in [1.165, 1.54) is 0 Å². The lowest BCUT2D eigenvalue weighted by molar-refractivity contribution is -0.0418. The van der Waals surface area contributed by atoms with Crippen LogP contribution in [-0.2, 0) is 0 Å². The zero-order chi connectivity index (χ0) is 10.5. The van der Waals surface area contributed by atoms with Crippen LogP contribution in [0.4, 0.5) is 0 Å². The number of rotatable bonds is 0. The number of aliphatic hydroxyl groups is 1. The highest BCUT2D eigenvalue weighted by atomic mass is 16.3. The van der Waals surface area contributed by atoms with E-state index in [4.69, 9.17) is 5.73 Å². The largest absolute Gasteiger partial charge is 0.389 e. The summed E-state index contributed by atoms with van der Waals surface area (Å²) in [6.45, 7) is 10.1. The minimum absolute atomic E-state index is 0.00771. The second-order valence-corrected chi connectivity index (χ2v) is 5.82. The van der Waals surface area contributed by atoms with E-state index in [0.717, 1.165) is 6.42 Å². The van der Waals surface area contributed by atoms with Crippen molar-refractivity contribution in [3.8, 4) is 0 Å². The van der Waals surface area contributed by atoms with E-state index >= 15 is 0 Å². The van der Waals surface area contributed by atoms with Crippen molar-refractivity contribution in [1.82, 2.24) is 5.32 Å². The van der Waals surface area contributed by atoms with Gasteiger partial charge in [-0.15, -0.1) is 0 Å². The molecule has 78 valence electrons. The third kappa shape index (κ3) is 2.03. The fourth-order valence-electron chi connectivity index (χ4n) is 2.86. The minimum atomic E-state index is -0.506. The zero-order valence-corrected chi connectivity index (χ0v) is 9.31. The molecule has 0 aliphatic carbocycles. The van der Waals surface area contributed by atoms with Gasteiger partial charge in [0.2, 0.25) is 0 Å². The summed E-state index contributed by atoms with van der Waals surface area (Å²) in [4.78, 5) is 0. The predicted molar refractivity (Wildman–Crippen MR) is 54.5 cm³/mol. The van der Waals surface area contributed by atoms with E-state index in [9.17, 15) is 5.11 Å². The monoisotopic (exact) mass is 186 g/mol. The fourth-order valence-corrected chi connectivity index (χ4v) is 2.86. The van der Waals surface area contributed by atoms with Crippen molar-refractivity contribution in [2.75, 3.05) is 0 Å². The molecule has 2 unspecified atom stereocenters. The molecule has 0 radical (unpaired) electrons. The number of hydrogen-bond acceptors (Lipinski definition) is 3. The highest BCUT2D eigenvalue weighted by Crippen LogP contribution is 2.34. The molecule has 1 aliphatic heterocycles. The van der Waals surface area contributed by atoms with Gasteiger partial charge in [-0.3, -0.25) is 0 Å². The molecule has 0 aromatic rings. The molecule has 13 heavy (non-hydrogen) atoms. The van der Waals surface area contributed by atoms with Crippen molar-refractivity contribution in [3.05, 3.63) is 0 Å². The van der Waals surface area contributed by atoms with Crippen LogP contribution in [0.25, 0.3) is 0 Å². The molecule has 0 saturated carbocycles. The molecule has 2 atom stereocenters. The first kappa shape index (κ1) is 11.0. The first-order valence-electron chi connectivity index (χ1n) is 4.83. The summed E-state index contributed by atoms with van der Waals surface area (Å²) in [5, 5.41) is 13.4. The highest BCUT2D eigenvalue weighted by molar-refractivity contribution is 5.10. The Morgan fingerprint density at radius 2 is 1.69 bits per heavy atom. The summed E-state index contributed by atoms with van der Waals surface area (Å²) in [6, 6.07) is 0. The lowest BCUT2D eigenvalue weighted by Crippen LogP contribution is -2.73. The summed E-state index contributed by atoms with van der Waals surface area (Å²) < 4.78 is 0. The van der Waals surface area contributed by atoms with Gasteiger partial charge in [-0.2, -0.15) is 0 Å². The maximum atomic E-state index is 10.0. The molecule has 1 saturated heterocycles. The Hall–Kier alpha value is -0.120. The summed E-state index contributed by atoms with van der Waals surface area (Å²) >= 11 is 0. The minimum Gasteiger partial charge on any atom is -0.389 e. The Kier molecular flexibility index (Phi) is 2.26. The molecule has 0 aromatic heterocycles. The van der Waals surface area contributed by atoms with Gasteiger partial charge in [0, 0.05) is 16.6 Å².